The number of hydrogen-bond acceptors (Lipinski definition) is 3. The predicted molar refractivity (Wildman–Crippen MR) is 61.7 cm³/mol. The quantitative estimate of drug-likeness (QED) is 0.741. The molecule has 0 aromatic carbocycles. The maximum atomic E-state index is 10.2. The molecule has 0 saturated carbocycles. The van der Waals surface area contributed by atoms with E-state index in [1.165, 1.54) is 0 Å². The van der Waals surface area contributed by atoms with Gasteiger partial charge in [0.05, 0.1) is 11.7 Å². The fourth-order valence-electron chi connectivity index (χ4n) is 1.89. The molecule has 1 rings (SSSR count). The van der Waals surface area contributed by atoms with Gasteiger partial charge in [0.2, 0.25) is 0 Å². The molecule has 0 aromatic heterocycles. The van der Waals surface area contributed by atoms with Gasteiger partial charge in [-0.2, -0.15) is 0 Å². The molecule has 0 aliphatic carbocycles. The summed E-state index contributed by atoms with van der Waals surface area (Å²) in [6.07, 6.45) is 0.789. The first-order valence-electron chi connectivity index (χ1n) is 5.95. The monoisotopic (exact) mass is 215 g/mol. The fourth-order valence-corrected chi connectivity index (χ4v) is 1.89. The highest BCUT2D eigenvalue weighted by molar-refractivity contribution is 4.85. The van der Waals surface area contributed by atoms with E-state index >= 15 is 0 Å². The number of nitrogens with zero attached hydrogens (tertiary/aromatic N) is 1. The van der Waals surface area contributed by atoms with E-state index in [0.29, 0.717) is 19.0 Å². The Balaban J connectivity index is 2.46. The maximum Gasteiger partial charge on any atom is 0.0768 e. The summed E-state index contributed by atoms with van der Waals surface area (Å²) in [5.41, 5.74) is -0.652. The zero-order valence-corrected chi connectivity index (χ0v) is 10.4. The van der Waals surface area contributed by atoms with Crippen LogP contribution in [-0.4, -0.2) is 46.5 Å². The Bertz CT molecular complexity index is 204. The van der Waals surface area contributed by atoms with E-state index in [0.717, 1.165) is 13.0 Å². The van der Waals surface area contributed by atoms with Gasteiger partial charge < -0.3 is 10.2 Å². The normalized spacial score (nSPS) is 33.0. The average Bonchev–Trinajstić information content (AvgIpc) is 2.10. The van der Waals surface area contributed by atoms with E-state index in [4.69, 9.17) is 0 Å². The molecule has 0 amide bonds. The Morgan fingerprint density at radius 2 is 2.07 bits per heavy atom. The predicted octanol–water partition coefficient (Wildman–Crippen LogP) is 1.10. The molecule has 3 nitrogen and oxygen atoms in total. The standard InChI is InChI=1S/C12H25NO2/c1-9(2)12(4,15)8-13-6-5-10(3)11(14)7-13/h9-11,14-15H,5-8H2,1-4H3. The third kappa shape index (κ3) is 3.44. The minimum atomic E-state index is -0.652. The van der Waals surface area contributed by atoms with Crippen molar-refractivity contribution in [1.82, 2.24) is 4.90 Å². The van der Waals surface area contributed by atoms with Gasteiger partial charge in [0.15, 0.2) is 0 Å². The molecule has 3 atom stereocenters. The molecule has 0 aromatic rings. The Labute approximate surface area is 93.1 Å². The van der Waals surface area contributed by atoms with Crippen molar-refractivity contribution in [2.45, 2.75) is 45.8 Å². The molecule has 1 fully saturated rings. The summed E-state index contributed by atoms with van der Waals surface area (Å²) in [4.78, 5) is 2.17. The third-order valence-corrected chi connectivity index (χ3v) is 3.79. The van der Waals surface area contributed by atoms with Gasteiger partial charge in [0.1, 0.15) is 0 Å². The van der Waals surface area contributed by atoms with E-state index < -0.39 is 5.60 Å². The van der Waals surface area contributed by atoms with Crippen molar-refractivity contribution in [2.24, 2.45) is 11.8 Å². The third-order valence-electron chi connectivity index (χ3n) is 3.79. The van der Waals surface area contributed by atoms with Crippen LogP contribution in [-0.2, 0) is 0 Å². The first kappa shape index (κ1) is 12.9. The van der Waals surface area contributed by atoms with Crippen molar-refractivity contribution >= 4 is 0 Å². The van der Waals surface area contributed by atoms with Crippen LogP contribution in [0.5, 0.6) is 0 Å². The Morgan fingerprint density at radius 1 is 1.47 bits per heavy atom. The van der Waals surface area contributed by atoms with Crippen LogP contribution in [0.1, 0.15) is 34.1 Å². The number of hydrogen-bond donors (Lipinski definition) is 2. The molecule has 0 spiro atoms. The lowest BCUT2D eigenvalue weighted by Gasteiger charge is -2.39. The molecule has 1 saturated heterocycles. The summed E-state index contributed by atoms with van der Waals surface area (Å²) in [7, 11) is 0. The highest BCUT2D eigenvalue weighted by Crippen LogP contribution is 2.22. The number of aliphatic hydroxyl groups excluding tert-OH is 1. The highest BCUT2D eigenvalue weighted by Gasteiger charge is 2.31. The van der Waals surface area contributed by atoms with E-state index in [-0.39, 0.29) is 12.0 Å². The zero-order valence-electron chi connectivity index (χ0n) is 10.4. The van der Waals surface area contributed by atoms with Crippen molar-refractivity contribution in [3.63, 3.8) is 0 Å². The summed E-state index contributed by atoms with van der Waals surface area (Å²) >= 11 is 0. The summed E-state index contributed by atoms with van der Waals surface area (Å²) in [6, 6.07) is 0. The molecular formula is C12H25NO2. The number of piperidine rings is 1. The molecule has 15 heavy (non-hydrogen) atoms. The van der Waals surface area contributed by atoms with Crippen LogP contribution in [0, 0.1) is 11.8 Å². The summed E-state index contributed by atoms with van der Waals surface area (Å²) in [5, 5.41) is 19.9. The van der Waals surface area contributed by atoms with Crippen molar-refractivity contribution < 1.29 is 10.2 Å². The maximum absolute atomic E-state index is 10.2. The Kier molecular flexibility index (Phi) is 4.15. The van der Waals surface area contributed by atoms with Crippen molar-refractivity contribution in [1.29, 1.82) is 0 Å². The molecular weight excluding hydrogens is 190 g/mol. The zero-order chi connectivity index (χ0) is 11.6. The molecule has 0 bridgehead atoms. The lowest BCUT2D eigenvalue weighted by molar-refractivity contribution is -0.0475. The van der Waals surface area contributed by atoms with Gasteiger partial charge in [0.25, 0.3) is 0 Å². The summed E-state index contributed by atoms with van der Waals surface area (Å²) < 4.78 is 0. The lowest BCUT2D eigenvalue weighted by Crippen LogP contribution is -2.50. The molecule has 0 radical (unpaired) electrons. The number of aliphatic hydroxyl groups is 2. The topological polar surface area (TPSA) is 43.7 Å². The van der Waals surface area contributed by atoms with Crippen LogP contribution in [0.25, 0.3) is 0 Å². The second-order valence-electron chi connectivity index (χ2n) is 5.58. The Hall–Kier alpha value is -0.120. The smallest absolute Gasteiger partial charge is 0.0768 e. The van der Waals surface area contributed by atoms with Crippen LogP contribution >= 0.6 is 0 Å². The lowest BCUT2D eigenvalue weighted by atomic mass is 9.89. The van der Waals surface area contributed by atoms with Crippen LogP contribution in [0.15, 0.2) is 0 Å². The average molecular weight is 215 g/mol. The highest BCUT2D eigenvalue weighted by atomic mass is 16.3. The summed E-state index contributed by atoms with van der Waals surface area (Å²) in [6.45, 7) is 10.4. The minimum absolute atomic E-state index is 0.235. The van der Waals surface area contributed by atoms with Crippen molar-refractivity contribution in [3.8, 4) is 0 Å². The molecule has 90 valence electrons. The molecule has 1 aliphatic heterocycles. The van der Waals surface area contributed by atoms with Gasteiger partial charge in [-0.1, -0.05) is 20.8 Å². The van der Waals surface area contributed by atoms with Crippen LogP contribution in [0.2, 0.25) is 0 Å². The fraction of sp³-hybridized carbons (Fsp3) is 1.00. The number of rotatable bonds is 3. The van der Waals surface area contributed by atoms with E-state index in [2.05, 4.69) is 11.8 Å². The number of likely N-dealkylation sites (tertiary alicyclic amines) is 1. The van der Waals surface area contributed by atoms with Crippen LogP contribution < -0.4 is 0 Å². The van der Waals surface area contributed by atoms with Crippen molar-refractivity contribution in [2.75, 3.05) is 19.6 Å². The van der Waals surface area contributed by atoms with Gasteiger partial charge in [-0.15, -0.1) is 0 Å². The second-order valence-corrected chi connectivity index (χ2v) is 5.58. The van der Waals surface area contributed by atoms with Crippen LogP contribution in [0.3, 0.4) is 0 Å². The van der Waals surface area contributed by atoms with Gasteiger partial charge in [-0.3, -0.25) is 4.90 Å². The first-order chi connectivity index (χ1) is 6.83. The summed E-state index contributed by atoms with van der Waals surface area (Å²) in [5.74, 6) is 0.638. The Morgan fingerprint density at radius 3 is 2.53 bits per heavy atom. The first-order valence-corrected chi connectivity index (χ1v) is 5.95. The van der Waals surface area contributed by atoms with Gasteiger partial charge in [-0.05, 0) is 31.7 Å². The van der Waals surface area contributed by atoms with E-state index in [1.807, 2.05) is 20.8 Å². The van der Waals surface area contributed by atoms with E-state index in [1.54, 1.807) is 0 Å². The minimum Gasteiger partial charge on any atom is -0.392 e. The van der Waals surface area contributed by atoms with Crippen LogP contribution in [0.4, 0.5) is 0 Å². The van der Waals surface area contributed by atoms with E-state index in [9.17, 15) is 10.2 Å². The largest absolute Gasteiger partial charge is 0.392 e. The van der Waals surface area contributed by atoms with Gasteiger partial charge >= 0.3 is 0 Å². The van der Waals surface area contributed by atoms with Gasteiger partial charge in [0, 0.05) is 13.1 Å². The van der Waals surface area contributed by atoms with Crippen molar-refractivity contribution in [3.05, 3.63) is 0 Å². The molecule has 3 heteroatoms. The molecule has 2 N–H and O–H groups in total. The molecule has 3 unspecified atom stereocenters. The number of β-amino-alcohol motifs (C(OH)–C–C–N with tert-alkyl or cyclic N) is 2. The second kappa shape index (κ2) is 4.81. The van der Waals surface area contributed by atoms with Gasteiger partial charge in [-0.25, -0.2) is 0 Å². The SMILES string of the molecule is CC1CCN(CC(C)(O)C(C)C)CC1O. The molecule has 1 aliphatic rings. The molecule has 1 heterocycles.